The van der Waals surface area contributed by atoms with Crippen molar-refractivity contribution in [1.29, 1.82) is 0 Å². The molecule has 4 N–H and O–H groups in total. The second-order valence-electron chi connectivity index (χ2n) is 7.45. The molecule has 0 bridgehead atoms. The Kier molecular flexibility index (Phi) is 5.79. The number of phenolic OH excluding ortho intramolecular Hbond substituents is 1. The van der Waals surface area contributed by atoms with Gasteiger partial charge in [-0.3, -0.25) is 4.79 Å². The molecular weight excluding hydrogens is 387 g/mol. The average Bonchev–Trinajstić information content (AvgIpc) is 2.61. The van der Waals surface area contributed by atoms with Crippen molar-refractivity contribution in [1.82, 2.24) is 5.32 Å². The number of carbonyl (C=O) groups is 1. The molecule has 0 aliphatic carbocycles. The molecule has 2 aromatic rings. The van der Waals surface area contributed by atoms with Crippen molar-refractivity contribution in [2.75, 3.05) is 18.5 Å². The van der Waals surface area contributed by atoms with E-state index < -0.39 is 17.5 Å². The maximum Gasteiger partial charge on any atom is 0.262 e. The first-order chi connectivity index (χ1) is 13.1. The summed E-state index contributed by atoms with van der Waals surface area (Å²) in [4.78, 5) is 11.5. The maximum absolute atomic E-state index is 13.3. The Labute approximate surface area is 167 Å². The zero-order chi connectivity index (χ0) is 20.5. The van der Waals surface area contributed by atoms with E-state index in [4.69, 9.17) is 16.3 Å². The number of β-amino-alcohol motifs (C(OH)–C–C–N with tert-alkyl or cyclic N) is 1. The fourth-order valence-corrected chi connectivity index (χ4v) is 3.37. The minimum atomic E-state index is -0.980. The second kappa shape index (κ2) is 7.95. The summed E-state index contributed by atoms with van der Waals surface area (Å²) in [5.74, 6) is -0.531. The van der Waals surface area contributed by atoms with Gasteiger partial charge in [0.1, 0.15) is 17.3 Å². The van der Waals surface area contributed by atoms with Crippen molar-refractivity contribution in [3.8, 4) is 11.5 Å². The lowest BCUT2D eigenvalue weighted by atomic mass is 9.94. The predicted octanol–water partition coefficient (Wildman–Crippen LogP) is 3.16. The van der Waals surface area contributed by atoms with Gasteiger partial charge in [-0.05, 0) is 44.0 Å². The van der Waals surface area contributed by atoms with Gasteiger partial charge in [0.25, 0.3) is 5.91 Å². The van der Waals surface area contributed by atoms with Crippen LogP contribution in [-0.4, -0.2) is 34.8 Å². The highest BCUT2D eigenvalue weighted by Crippen LogP contribution is 2.38. The van der Waals surface area contributed by atoms with E-state index in [2.05, 4.69) is 10.6 Å². The van der Waals surface area contributed by atoms with Crippen LogP contribution in [0.5, 0.6) is 11.5 Å². The van der Waals surface area contributed by atoms with Gasteiger partial charge < -0.3 is 25.6 Å². The number of benzene rings is 2. The maximum atomic E-state index is 13.3. The van der Waals surface area contributed by atoms with E-state index in [1.165, 1.54) is 18.2 Å². The smallest absolute Gasteiger partial charge is 0.262 e. The molecule has 0 saturated carbocycles. The summed E-state index contributed by atoms with van der Waals surface area (Å²) in [6, 6.07) is 7.36. The number of ether oxygens (including phenoxy) is 1. The molecule has 1 atom stereocenters. The molecule has 0 saturated heterocycles. The first kappa shape index (κ1) is 20.4. The van der Waals surface area contributed by atoms with Crippen LogP contribution in [0, 0.1) is 5.82 Å². The summed E-state index contributed by atoms with van der Waals surface area (Å²) in [7, 11) is 0. The number of fused-ring (bicyclic) bond motifs is 1. The molecule has 0 unspecified atom stereocenters. The number of aliphatic hydroxyl groups is 1. The lowest BCUT2D eigenvalue weighted by Gasteiger charge is -2.29. The SMILES string of the molecule is CC(C)(Cc1ccc(F)c(Cl)c1)NC[C@H](O)c1cc(O)cc2c1OCC(=O)N2. The van der Waals surface area contributed by atoms with Crippen LogP contribution in [0.2, 0.25) is 5.02 Å². The Bertz CT molecular complexity index is 904. The number of phenols is 1. The van der Waals surface area contributed by atoms with E-state index in [1.54, 1.807) is 12.1 Å². The molecule has 3 rings (SSSR count). The highest BCUT2D eigenvalue weighted by molar-refractivity contribution is 6.30. The number of aromatic hydroxyl groups is 1. The Morgan fingerprint density at radius 3 is 2.82 bits per heavy atom. The monoisotopic (exact) mass is 408 g/mol. The van der Waals surface area contributed by atoms with E-state index >= 15 is 0 Å². The molecule has 1 amide bonds. The predicted molar refractivity (Wildman–Crippen MR) is 104 cm³/mol. The Morgan fingerprint density at radius 2 is 2.11 bits per heavy atom. The van der Waals surface area contributed by atoms with Gasteiger partial charge in [-0.1, -0.05) is 17.7 Å². The number of halogens is 2. The Hall–Kier alpha value is -2.35. The van der Waals surface area contributed by atoms with E-state index in [0.717, 1.165) is 5.56 Å². The summed E-state index contributed by atoms with van der Waals surface area (Å²) in [5.41, 5.74) is 1.14. The van der Waals surface area contributed by atoms with E-state index in [0.29, 0.717) is 23.4 Å². The number of carbonyl (C=O) groups excluding carboxylic acids is 1. The number of hydrogen-bond donors (Lipinski definition) is 4. The number of anilines is 1. The van der Waals surface area contributed by atoms with Crippen LogP contribution in [-0.2, 0) is 11.2 Å². The first-order valence-electron chi connectivity index (χ1n) is 8.81. The van der Waals surface area contributed by atoms with Gasteiger partial charge in [-0.25, -0.2) is 4.39 Å². The van der Waals surface area contributed by atoms with Crippen LogP contribution in [0.3, 0.4) is 0 Å². The van der Waals surface area contributed by atoms with Gasteiger partial charge in [0.05, 0.1) is 16.8 Å². The fourth-order valence-electron chi connectivity index (χ4n) is 3.17. The first-order valence-corrected chi connectivity index (χ1v) is 9.19. The van der Waals surface area contributed by atoms with Crippen molar-refractivity contribution in [3.63, 3.8) is 0 Å². The van der Waals surface area contributed by atoms with Gasteiger partial charge in [-0.15, -0.1) is 0 Å². The molecule has 6 nitrogen and oxygen atoms in total. The van der Waals surface area contributed by atoms with Gasteiger partial charge in [0.2, 0.25) is 0 Å². The summed E-state index contributed by atoms with van der Waals surface area (Å²) in [6.45, 7) is 3.92. The number of hydrogen-bond acceptors (Lipinski definition) is 5. The van der Waals surface area contributed by atoms with Gasteiger partial charge in [-0.2, -0.15) is 0 Å². The zero-order valence-electron chi connectivity index (χ0n) is 15.6. The van der Waals surface area contributed by atoms with Crippen molar-refractivity contribution >= 4 is 23.2 Å². The fraction of sp³-hybridized carbons (Fsp3) is 0.350. The standard InChI is InChI=1S/C20H22ClFN2O4/c1-20(2,8-11-3-4-15(22)14(21)5-11)23-9-17(26)13-6-12(25)7-16-19(13)28-10-18(27)24-16/h3-7,17,23,25-26H,8-10H2,1-2H3,(H,24,27)/t17-/m0/s1. The topological polar surface area (TPSA) is 90.8 Å². The minimum Gasteiger partial charge on any atom is -0.508 e. The molecule has 0 fully saturated rings. The molecule has 0 spiro atoms. The molecule has 0 radical (unpaired) electrons. The van der Waals surface area contributed by atoms with E-state index in [1.807, 2.05) is 13.8 Å². The molecule has 0 aromatic heterocycles. The average molecular weight is 409 g/mol. The van der Waals surface area contributed by atoms with Crippen LogP contribution in [0.25, 0.3) is 0 Å². The molecule has 8 heteroatoms. The highest BCUT2D eigenvalue weighted by atomic mass is 35.5. The molecule has 1 aliphatic heterocycles. The lowest BCUT2D eigenvalue weighted by molar-refractivity contribution is -0.118. The number of nitrogens with one attached hydrogen (secondary N) is 2. The molecule has 28 heavy (non-hydrogen) atoms. The minimum absolute atomic E-state index is 0.0684. The normalized spacial score (nSPS) is 14.8. The third kappa shape index (κ3) is 4.73. The van der Waals surface area contributed by atoms with Crippen molar-refractivity contribution in [2.24, 2.45) is 0 Å². The van der Waals surface area contributed by atoms with E-state index in [-0.39, 0.29) is 29.8 Å². The Morgan fingerprint density at radius 1 is 1.36 bits per heavy atom. The number of aliphatic hydroxyl groups excluding tert-OH is 1. The molecule has 1 heterocycles. The van der Waals surface area contributed by atoms with Crippen molar-refractivity contribution in [3.05, 3.63) is 52.3 Å². The third-order valence-electron chi connectivity index (χ3n) is 4.49. The molecule has 2 aromatic carbocycles. The van der Waals surface area contributed by atoms with Crippen molar-refractivity contribution < 1.29 is 24.1 Å². The summed E-state index contributed by atoms with van der Waals surface area (Å²) >= 11 is 5.84. The Balaban J connectivity index is 1.70. The molecule has 1 aliphatic rings. The molecular formula is C20H22ClFN2O4. The second-order valence-corrected chi connectivity index (χ2v) is 7.86. The quantitative estimate of drug-likeness (QED) is 0.589. The van der Waals surface area contributed by atoms with Crippen molar-refractivity contribution in [2.45, 2.75) is 31.9 Å². The number of rotatable bonds is 6. The lowest BCUT2D eigenvalue weighted by Crippen LogP contribution is -2.43. The summed E-state index contributed by atoms with van der Waals surface area (Å²) in [5, 5.41) is 26.5. The number of amides is 1. The largest absolute Gasteiger partial charge is 0.508 e. The summed E-state index contributed by atoms with van der Waals surface area (Å²) < 4.78 is 18.8. The van der Waals surface area contributed by atoms with Crippen LogP contribution in [0.4, 0.5) is 10.1 Å². The van der Waals surface area contributed by atoms with Crippen LogP contribution < -0.4 is 15.4 Å². The van der Waals surface area contributed by atoms with Gasteiger partial charge in [0, 0.05) is 23.7 Å². The van der Waals surface area contributed by atoms with E-state index in [9.17, 15) is 19.4 Å². The van der Waals surface area contributed by atoms with Gasteiger partial charge >= 0.3 is 0 Å². The molecule has 150 valence electrons. The van der Waals surface area contributed by atoms with Crippen LogP contribution >= 0.6 is 11.6 Å². The van der Waals surface area contributed by atoms with Crippen LogP contribution in [0.1, 0.15) is 31.1 Å². The van der Waals surface area contributed by atoms with Crippen LogP contribution in [0.15, 0.2) is 30.3 Å². The zero-order valence-corrected chi connectivity index (χ0v) is 16.3. The van der Waals surface area contributed by atoms with Gasteiger partial charge in [0.15, 0.2) is 6.61 Å². The highest BCUT2D eigenvalue weighted by Gasteiger charge is 2.26. The third-order valence-corrected chi connectivity index (χ3v) is 4.78. The summed E-state index contributed by atoms with van der Waals surface area (Å²) in [6.07, 6.45) is -0.420.